The Hall–Kier alpha value is -1.89. The van der Waals surface area contributed by atoms with E-state index in [1.165, 1.54) is 18.2 Å². The highest BCUT2D eigenvalue weighted by molar-refractivity contribution is 5.94. The first-order valence-electron chi connectivity index (χ1n) is 5.01. The summed E-state index contributed by atoms with van der Waals surface area (Å²) >= 11 is 0. The third-order valence-corrected chi connectivity index (χ3v) is 2.22. The zero-order valence-electron chi connectivity index (χ0n) is 9.20. The molecule has 0 heterocycles. The van der Waals surface area contributed by atoms with Crippen LogP contribution < -0.4 is 5.32 Å². The van der Waals surface area contributed by atoms with Gasteiger partial charge in [0.25, 0.3) is 0 Å². The van der Waals surface area contributed by atoms with E-state index < -0.39 is 17.6 Å². The Labute approximate surface area is 93.9 Å². The lowest BCUT2D eigenvalue weighted by Gasteiger charge is -2.13. The topological polar surface area (TPSA) is 52.9 Å². The van der Waals surface area contributed by atoms with Gasteiger partial charge in [0, 0.05) is 0 Å². The third kappa shape index (κ3) is 2.80. The van der Waals surface area contributed by atoms with Crippen LogP contribution in [0, 0.1) is 29.0 Å². The molecule has 0 saturated heterocycles. The Morgan fingerprint density at radius 3 is 2.56 bits per heavy atom. The minimum absolute atomic E-state index is 0.100. The number of carbonyl (C=O) groups excluding carboxylic acids is 1. The summed E-state index contributed by atoms with van der Waals surface area (Å²) in [6.07, 6.45) is 0. The first kappa shape index (κ1) is 12.2. The number of nitrogens with one attached hydrogen (secondary N) is 1. The highest BCUT2D eigenvalue weighted by atomic mass is 19.1. The van der Waals surface area contributed by atoms with Crippen LogP contribution in [0.2, 0.25) is 0 Å². The van der Waals surface area contributed by atoms with E-state index >= 15 is 0 Å². The fourth-order valence-electron chi connectivity index (χ4n) is 1.28. The van der Waals surface area contributed by atoms with Crippen LogP contribution in [0.25, 0.3) is 0 Å². The Bertz CT molecular complexity index is 423. The molecule has 1 aromatic carbocycles. The zero-order chi connectivity index (χ0) is 12.1. The van der Waals surface area contributed by atoms with E-state index in [9.17, 15) is 9.18 Å². The van der Waals surface area contributed by atoms with Gasteiger partial charge in [-0.25, -0.2) is 4.39 Å². The van der Waals surface area contributed by atoms with Crippen molar-refractivity contribution in [2.45, 2.75) is 13.8 Å². The third-order valence-electron chi connectivity index (χ3n) is 2.22. The second-order valence-electron chi connectivity index (χ2n) is 3.82. The summed E-state index contributed by atoms with van der Waals surface area (Å²) in [4.78, 5) is 11.6. The van der Waals surface area contributed by atoms with E-state index in [1.54, 1.807) is 19.9 Å². The van der Waals surface area contributed by atoms with Crippen molar-refractivity contribution in [2.75, 3.05) is 5.32 Å². The predicted octanol–water partition coefficient (Wildman–Crippen LogP) is 2.56. The van der Waals surface area contributed by atoms with Crippen LogP contribution in [0.1, 0.15) is 13.8 Å². The molecule has 1 N–H and O–H groups in total. The second-order valence-corrected chi connectivity index (χ2v) is 3.82. The van der Waals surface area contributed by atoms with Gasteiger partial charge in [0.1, 0.15) is 11.7 Å². The maximum Gasteiger partial charge on any atom is 0.242 e. The largest absolute Gasteiger partial charge is 0.322 e. The quantitative estimate of drug-likeness (QED) is 0.851. The van der Waals surface area contributed by atoms with E-state index in [0.29, 0.717) is 0 Å². The first-order valence-corrected chi connectivity index (χ1v) is 5.01. The van der Waals surface area contributed by atoms with Crippen LogP contribution in [0.4, 0.5) is 10.1 Å². The lowest BCUT2D eigenvalue weighted by molar-refractivity contribution is -0.119. The van der Waals surface area contributed by atoms with Gasteiger partial charge in [0.15, 0.2) is 0 Å². The summed E-state index contributed by atoms with van der Waals surface area (Å²) in [5.41, 5.74) is 0.105. The lowest BCUT2D eigenvalue weighted by Crippen LogP contribution is -2.26. The van der Waals surface area contributed by atoms with Crippen LogP contribution in [-0.2, 0) is 4.79 Å². The van der Waals surface area contributed by atoms with Gasteiger partial charge in [-0.2, -0.15) is 5.26 Å². The van der Waals surface area contributed by atoms with E-state index in [-0.39, 0.29) is 11.6 Å². The average molecular weight is 220 g/mol. The molecular weight excluding hydrogens is 207 g/mol. The van der Waals surface area contributed by atoms with Gasteiger partial charge in [0.2, 0.25) is 5.91 Å². The number of nitriles is 1. The Balaban J connectivity index is 2.79. The van der Waals surface area contributed by atoms with Crippen molar-refractivity contribution < 1.29 is 9.18 Å². The number of hydrogen-bond donors (Lipinski definition) is 1. The SMILES string of the molecule is CC(C)C(C#N)C(=O)Nc1ccccc1F. The van der Waals surface area contributed by atoms with Crippen molar-refractivity contribution in [1.82, 2.24) is 0 Å². The fourth-order valence-corrected chi connectivity index (χ4v) is 1.28. The number of rotatable bonds is 3. The number of anilines is 1. The molecule has 1 unspecified atom stereocenters. The van der Waals surface area contributed by atoms with Crippen molar-refractivity contribution >= 4 is 11.6 Å². The van der Waals surface area contributed by atoms with Crippen molar-refractivity contribution in [3.05, 3.63) is 30.1 Å². The van der Waals surface area contributed by atoms with Crippen LogP contribution in [-0.4, -0.2) is 5.91 Å². The first-order chi connectivity index (χ1) is 7.56. The molecule has 4 heteroatoms. The molecule has 0 radical (unpaired) electrons. The molecule has 0 fully saturated rings. The maximum atomic E-state index is 13.2. The Kier molecular flexibility index (Phi) is 4.01. The number of nitrogens with zero attached hydrogens (tertiary/aromatic N) is 1. The molecule has 0 aliphatic rings. The van der Waals surface area contributed by atoms with E-state index in [1.807, 2.05) is 6.07 Å². The molecule has 1 rings (SSSR count). The monoisotopic (exact) mass is 220 g/mol. The number of para-hydroxylation sites is 1. The molecule has 1 amide bonds. The Morgan fingerprint density at radius 1 is 1.44 bits per heavy atom. The van der Waals surface area contributed by atoms with Crippen LogP contribution in [0.15, 0.2) is 24.3 Å². The van der Waals surface area contributed by atoms with Gasteiger partial charge in [-0.1, -0.05) is 26.0 Å². The molecule has 84 valence electrons. The molecule has 1 atom stereocenters. The highest BCUT2D eigenvalue weighted by Crippen LogP contribution is 2.16. The van der Waals surface area contributed by atoms with Crippen molar-refractivity contribution in [2.24, 2.45) is 11.8 Å². The molecule has 0 saturated carbocycles. The summed E-state index contributed by atoms with van der Waals surface area (Å²) in [6, 6.07) is 7.78. The molecule has 1 aromatic rings. The summed E-state index contributed by atoms with van der Waals surface area (Å²) in [5, 5.41) is 11.2. The maximum absolute atomic E-state index is 13.2. The Morgan fingerprint density at radius 2 is 2.06 bits per heavy atom. The predicted molar refractivity (Wildman–Crippen MR) is 59.0 cm³/mol. The standard InChI is InChI=1S/C12H13FN2O/c1-8(2)9(7-14)12(16)15-11-6-4-3-5-10(11)13/h3-6,8-9H,1-2H3,(H,15,16). The molecule has 3 nitrogen and oxygen atoms in total. The van der Waals surface area contributed by atoms with Crippen LogP contribution in [0.5, 0.6) is 0 Å². The van der Waals surface area contributed by atoms with Crippen LogP contribution in [0.3, 0.4) is 0 Å². The van der Waals surface area contributed by atoms with Crippen LogP contribution >= 0.6 is 0 Å². The van der Waals surface area contributed by atoms with Gasteiger partial charge in [-0.3, -0.25) is 4.79 Å². The molecule has 0 aliphatic heterocycles. The van der Waals surface area contributed by atoms with Crippen molar-refractivity contribution in [3.8, 4) is 6.07 Å². The lowest BCUT2D eigenvalue weighted by atomic mass is 9.96. The summed E-state index contributed by atoms with van der Waals surface area (Å²) in [7, 11) is 0. The molecule has 0 aromatic heterocycles. The van der Waals surface area contributed by atoms with E-state index in [4.69, 9.17) is 5.26 Å². The number of halogens is 1. The minimum Gasteiger partial charge on any atom is -0.322 e. The molecule has 0 aliphatic carbocycles. The number of benzene rings is 1. The summed E-state index contributed by atoms with van der Waals surface area (Å²) in [5.74, 6) is -1.84. The average Bonchev–Trinajstić information content (AvgIpc) is 2.22. The van der Waals surface area contributed by atoms with Gasteiger partial charge in [-0.05, 0) is 18.1 Å². The van der Waals surface area contributed by atoms with Crippen molar-refractivity contribution in [1.29, 1.82) is 5.26 Å². The zero-order valence-corrected chi connectivity index (χ0v) is 9.20. The van der Waals surface area contributed by atoms with Gasteiger partial charge in [0.05, 0.1) is 11.8 Å². The van der Waals surface area contributed by atoms with Gasteiger partial charge in [-0.15, -0.1) is 0 Å². The number of hydrogen-bond acceptors (Lipinski definition) is 2. The number of amides is 1. The van der Waals surface area contributed by atoms with Gasteiger partial charge < -0.3 is 5.32 Å². The summed E-state index contributed by atoms with van der Waals surface area (Å²) in [6.45, 7) is 3.55. The molecule has 16 heavy (non-hydrogen) atoms. The molecular formula is C12H13FN2O. The molecule has 0 spiro atoms. The highest BCUT2D eigenvalue weighted by Gasteiger charge is 2.22. The van der Waals surface area contributed by atoms with E-state index in [2.05, 4.69) is 5.32 Å². The second kappa shape index (κ2) is 5.26. The number of carbonyl (C=O) groups is 1. The normalized spacial score (nSPS) is 11.9. The van der Waals surface area contributed by atoms with E-state index in [0.717, 1.165) is 0 Å². The van der Waals surface area contributed by atoms with Crippen molar-refractivity contribution in [3.63, 3.8) is 0 Å². The minimum atomic E-state index is -0.764. The smallest absolute Gasteiger partial charge is 0.242 e. The fraction of sp³-hybridized carbons (Fsp3) is 0.333. The molecule has 0 bridgehead atoms. The summed E-state index contributed by atoms with van der Waals surface area (Å²) < 4.78 is 13.2. The van der Waals surface area contributed by atoms with Gasteiger partial charge >= 0.3 is 0 Å².